The van der Waals surface area contributed by atoms with E-state index in [2.05, 4.69) is 40.0 Å². The quantitative estimate of drug-likeness (QED) is 0.502. The van der Waals surface area contributed by atoms with Gasteiger partial charge in [-0.25, -0.2) is 0 Å². The summed E-state index contributed by atoms with van der Waals surface area (Å²) in [4.78, 5) is 8.86. The standard InChI is InChI=1S/C22H32N4O2S/c1-4-23-22(25-18-9-10-20(27-2)21(13-18)28-3)24-14-17-7-5-11-26(15-17)16-19-8-6-12-29-19/h6,8-10,12-13,17H,4-5,7,11,14-16H2,1-3H3,(H2,23,24,25). The molecule has 6 nitrogen and oxygen atoms in total. The molecule has 2 aromatic rings. The summed E-state index contributed by atoms with van der Waals surface area (Å²) in [6.45, 7) is 7.06. The predicted octanol–water partition coefficient (Wildman–Crippen LogP) is 4.05. The van der Waals surface area contributed by atoms with Crippen molar-refractivity contribution in [3.8, 4) is 11.5 Å². The number of aliphatic imine (C=N–C) groups is 1. The van der Waals surface area contributed by atoms with Crippen LogP contribution in [0.1, 0.15) is 24.6 Å². The molecular formula is C22H32N4O2S. The lowest BCUT2D eigenvalue weighted by molar-refractivity contribution is 0.172. The van der Waals surface area contributed by atoms with Crippen LogP contribution < -0.4 is 20.1 Å². The number of benzene rings is 1. The fourth-order valence-corrected chi connectivity index (χ4v) is 4.39. The number of thiophene rings is 1. The number of ether oxygens (including phenoxy) is 2. The summed E-state index contributed by atoms with van der Waals surface area (Å²) in [5.41, 5.74) is 0.922. The molecule has 0 aliphatic carbocycles. The normalized spacial score (nSPS) is 17.8. The first-order valence-electron chi connectivity index (χ1n) is 10.2. The molecule has 0 radical (unpaired) electrons. The highest BCUT2D eigenvalue weighted by atomic mass is 32.1. The Labute approximate surface area is 177 Å². The Balaban J connectivity index is 1.59. The van der Waals surface area contributed by atoms with Crippen molar-refractivity contribution in [3.63, 3.8) is 0 Å². The van der Waals surface area contributed by atoms with Crippen molar-refractivity contribution in [2.45, 2.75) is 26.3 Å². The average Bonchev–Trinajstić information content (AvgIpc) is 3.25. The van der Waals surface area contributed by atoms with Gasteiger partial charge in [-0.1, -0.05) is 6.07 Å². The summed E-state index contributed by atoms with van der Waals surface area (Å²) in [6, 6.07) is 10.2. The van der Waals surface area contributed by atoms with E-state index in [0.29, 0.717) is 17.4 Å². The molecule has 0 saturated carbocycles. The van der Waals surface area contributed by atoms with Gasteiger partial charge in [0, 0.05) is 42.8 Å². The van der Waals surface area contributed by atoms with Crippen LogP contribution in [-0.2, 0) is 6.54 Å². The largest absolute Gasteiger partial charge is 0.493 e. The molecule has 3 rings (SSSR count). The van der Waals surface area contributed by atoms with E-state index in [0.717, 1.165) is 37.8 Å². The van der Waals surface area contributed by atoms with E-state index >= 15 is 0 Å². The number of guanidine groups is 1. The van der Waals surface area contributed by atoms with Crippen LogP contribution in [-0.4, -0.2) is 51.3 Å². The average molecular weight is 417 g/mol. The zero-order valence-electron chi connectivity index (χ0n) is 17.6. The van der Waals surface area contributed by atoms with Crippen LogP contribution in [0.2, 0.25) is 0 Å². The molecule has 2 N–H and O–H groups in total. The van der Waals surface area contributed by atoms with Crippen LogP contribution in [0.15, 0.2) is 40.7 Å². The van der Waals surface area contributed by atoms with Gasteiger partial charge in [-0.15, -0.1) is 11.3 Å². The second-order valence-electron chi connectivity index (χ2n) is 7.24. The van der Waals surface area contributed by atoms with Crippen molar-refractivity contribution in [2.24, 2.45) is 10.9 Å². The molecule has 0 amide bonds. The van der Waals surface area contributed by atoms with Crippen molar-refractivity contribution in [1.82, 2.24) is 10.2 Å². The fourth-order valence-electron chi connectivity index (χ4n) is 3.65. The highest BCUT2D eigenvalue weighted by Crippen LogP contribution is 2.29. The van der Waals surface area contributed by atoms with Crippen molar-refractivity contribution < 1.29 is 9.47 Å². The van der Waals surface area contributed by atoms with E-state index in [1.54, 1.807) is 14.2 Å². The molecule has 29 heavy (non-hydrogen) atoms. The molecule has 0 spiro atoms. The van der Waals surface area contributed by atoms with Gasteiger partial charge in [0.2, 0.25) is 0 Å². The Morgan fingerprint density at radius 1 is 1.24 bits per heavy atom. The van der Waals surface area contributed by atoms with Crippen molar-refractivity contribution in [3.05, 3.63) is 40.6 Å². The SMILES string of the molecule is CCNC(=NCC1CCCN(Cc2cccs2)C1)Nc1ccc(OC)c(OC)c1. The summed E-state index contributed by atoms with van der Waals surface area (Å²) in [5.74, 6) is 2.80. The van der Waals surface area contributed by atoms with Gasteiger partial charge in [0.05, 0.1) is 14.2 Å². The molecule has 1 fully saturated rings. The van der Waals surface area contributed by atoms with Gasteiger partial charge < -0.3 is 20.1 Å². The maximum Gasteiger partial charge on any atom is 0.195 e. The third kappa shape index (κ3) is 6.37. The Bertz CT molecular complexity index is 779. The highest BCUT2D eigenvalue weighted by molar-refractivity contribution is 7.09. The van der Waals surface area contributed by atoms with E-state index in [1.165, 1.54) is 24.3 Å². The molecular weight excluding hydrogens is 384 g/mol. The van der Waals surface area contributed by atoms with Crippen LogP contribution in [0.5, 0.6) is 11.5 Å². The lowest BCUT2D eigenvalue weighted by Crippen LogP contribution is -2.37. The molecule has 0 bridgehead atoms. The van der Waals surface area contributed by atoms with Crippen LogP contribution in [0.3, 0.4) is 0 Å². The van der Waals surface area contributed by atoms with E-state index in [9.17, 15) is 0 Å². The molecule has 1 aromatic carbocycles. The maximum absolute atomic E-state index is 5.40. The molecule has 158 valence electrons. The van der Waals surface area contributed by atoms with Gasteiger partial charge in [-0.2, -0.15) is 0 Å². The van der Waals surface area contributed by atoms with E-state index in [4.69, 9.17) is 14.5 Å². The van der Waals surface area contributed by atoms with Crippen molar-refractivity contribution >= 4 is 23.0 Å². The molecule has 1 aromatic heterocycles. The number of nitrogens with one attached hydrogen (secondary N) is 2. The number of hydrogen-bond acceptors (Lipinski definition) is 5. The Morgan fingerprint density at radius 3 is 2.83 bits per heavy atom. The van der Waals surface area contributed by atoms with Crippen LogP contribution >= 0.6 is 11.3 Å². The van der Waals surface area contributed by atoms with Crippen molar-refractivity contribution in [2.75, 3.05) is 45.7 Å². The fraction of sp³-hybridized carbons (Fsp3) is 0.500. The molecule has 1 unspecified atom stereocenters. The van der Waals surface area contributed by atoms with Crippen LogP contribution in [0.25, 0.3) is 0 Å². The van der Waals surface area contributed by atoms with Crippen LogP contribution in [0, 0.1) is 5.92 Å². The number of anilines is 1. The molecule has 7 heteroatoms. The first-order valence-corrected chi connectivity index (χ1v) is 11.1. The molecule has 2 heterocycles. The molecule has 1 saturated heterocycles. The van der Waals surface area contributed by atoms with Gasteiger partial charge >= 0.3 is 0 Å². The van der Waals surface area contributed by atoms with Crippen LogP contribution in [0.4, 0.5) is 5.69 Å². The first kappa shape index (κ1) is 21.5. The number of methoxy groups -OCH3 is 2. The summed E-state index contributed by atoms with van der Waals surface area (Å²) < 4.78 is 10.7. The van der Waals surface area contributed by atoms with E-state index in [1.807, 2.05) is 29.5 Å². The summed E-state index contributed by atoms with van der Waals surface area (Å²) in [6.07, 6.45) is 2.48. The lowest BCUT2D eigenvalue weighted by atomic mass is 9.98. The first-order chi connectivity index (χ1) is 14.2. The molecule has 1 aliphatic heterocycles. The lowest BCUT2D eigenvalue weighted by Gasteiger charge is -2.31. The number of likely N-dealkylation sites (tertiary alicyclic amines) is 1. The predicted molar refractivity (Wildman–Crippen MR) is 121 cm³/mol. The highest BCUT2D eigenvalue weighted by Gasteiger charge is 2.20. The van der Waals surface area contributed by atoms with Gasteiger partial charge in [-0.05, 0) is 55.8 Å². The number of nitrogens with zero attached hydrogens (tertiary/aromatic N) is 2. The third-order valence-electron chi connectivity index (χ3n) is 5.06. The third-order valence-corrected chi connectivity index (χ3v) is 5.92. The monoisotopic (exact) mass is 416 g/mol. The van der Waals surface area contributed by atoms with Gasteiger partial charge in [0.15, 0.2) is 17.5 Å². The zero-order valence-corrected chi connectivity index (χ0v) is 18.4. The summed E-state index contributed by atoms with van der Waals surface area (Å²) >= 11 is 1.84. The topological polar surface area (TPSA) is 58.1 Å². The number of hydrogen-bond donors (Lipinski definition) is 2. The Kier molecular flexibility index (Phi) is 8.19. The minimum absolute atomic E-state index is 0.588. The smallest absolute Gasteiger partial charge is 0.195 e. The minimum atomic E-state index is 0.588. The second-order valence-corrected chi connectivity index (χ2v) is 8.27. The van der Waals surface area contributed by atoms with Gasteiger partial charge in [0.25, 0.3) is 0 Å². The Morgan fingerprint density at radius 2 is 2.10 bits per heavy atom. The van der Waals surface area contributed by atoms with Gasteiger partial charge in [-0.3, -0.25) is 9.89 Å². The molecule has 1 aliphatic rings. The van der Waals surface area contributed by atoms with E-state index < -0.39 is 0 Å². The number of rotatable bonds is 8. The number of piperidine rings is 1. The minimum Gasteiger partial charge on any atom is -0.493 e. The van der Waals surface area contributed by atoms with E-state index in [-0.39, 0.29) is 0 Å². The maximum atomic E-state index is 5.40. The summed E-state index contributed by atoms with van der Waals surface area (Å²) in [5, 5.41) is 8.88. The second kappa shape index (κ2) is 11.1. The Hall–Kier alpha value is -2.25. The molecule has 1 atom stereocenters. The van der Waals surface area contributed by atoms with Gasteiger partial charge in [0.1, 0.15) is 0 Å². The summed E-state index contributed by atoms with van der Waals surface area (Å²) in [7, 11) is 3.29. The van der Waals surface area contributed by atoms with Crippen molar-refractivity contribution in [1.29, 1.82) is 0 Å². The zero-order chi connectivity index (χ0) is 20.5.